The largest absolute Gasteiger partial charge is 0.467 e. The number of amides is 3. The number of hydrogen-bond acceptors (Lipinski definition) is 13. The van der Waals surface area contributed by atoms with Crippen molar-refractivity contribution in [2.45, 2.75) is 30.6 Å². The van der Waals surface area contributed by atoms with Crippen LogP contribution >= 0.6 is 11.6 Å². The number of esters is 1. The maximum absolute atomic E-state index is 13.1. The number of carbonyl (C=O) groups excluding carboxylic acids is 4. The second kappa shape index (κ2) is 16.9. The van der Waals surface area contributed by atoms with Crippen LogP contribution in [0.1, 0.15) is 28.8 Å². The van der Waals surface area contributed by atoms with Crippen molar-refractivity contribution in [3.05, 3.63) is 95.3 Å². The molecule has 1 saturated carbocycles. The number of halogens is 4. The van der Waals surface area contributed by atoms with Crippen LogP contribution in [0.15, 0.2) is 79.1 Å². The van der Waals surface area contributed by atoms with Crippen molar-refractivity contribution < 1.29 is 41.8 Å². The molecule has 2 heterocycles. The Kier molecular flexibility index (Phi) is 11.8. The molecule has 0 saturated heterocycles. The molecule has 0 bridgehead atoms. The fourth-order valence-corrected chi connectivity index (χ4v) is 5.52. The van der Waals surface area contributed by atoms with Gasteiger partial charge >= 0.3 is 30.0 Å². The summed E-state index contributed by atoms with van der Waals surface area (Å²) in [5.41, 5.74) is 1.77. The van der Waals surface area contributed by atoms with E-state index >= 15 is 0 Å². The minimum atomic E-state index is -4.65. The predicted molar refractivity (Wildman–Crippen MR) is 198 cm³/mol. The topological polar surface area (TPSA) is 216 Å². The first-order valence-electron chi connectivity index (χ1n) is 17.0. The predicted octanol–water partition coefficient (Wildman–Crippen LogP) is 4.13. The summed E-state index contributed by atoms with van der Waals surface area (Å²) in [6.45, 7) is -2.12. The number of rotatable bonds is 14. The Morgan fingerprint density at radius 1 is 0.895 bits per heavy atom. The smallest absolute Gasteiger partial charge is 0.422 e. The molecule has 57 heavy (non-hydrogen) atoms. The number of alkyl halides is 3. The van der Waals surface area contributed by atoms with Gasteiger partial charge in [0.15, 0.2) is 12.4 Å². The molecule has 1 fully saturated rings. The normalized spacial score (nSPS) is 13.4. The number of ether oxygens (including phenoxy) is 2. The van der Waals surface area contributed by atoms with Gasteiger partial charge < -0.3 is 40.6 Å². The van der Waals surface area contributed by atoms with E-state index in [9.17, 15) is 32.3 Å². The molecule has 5 aromatic rings. The molecule has 1 aliphatic carbocycles. The molecule has 3 amide bonds. The summed E-state index contributed by atoms with van der Waals surface area (Å²) in [7, 11) is 2.86. The summed E-state index contributed by atoms with van der Waals surface area (Å²) in [6, 6.07) is 17.3. The summed E-state index contributed by atoms with van der Waals surface area (Å²) in [5.74, 6) is -3.32. The van der Waals surface area contributed by atoms with Crippen molar-refractivity contribution in [1.29, 1.82) is 0 Å². The molecule has 21 heteroatoms. The Bertz CT molecular complexity index is 2250. The molecule has 296 valence electrons. The van der Waals surface area contributed by atoms with Gasteiger partial charge in [0.2, 0.25) is 11.9 Å². The molecule has 0 spiro atoms. The zero-order valence-corrected chi connectivity index (χ0v) is 30.8. The van der Waals surface area contributed by atoms with E-state index in [1.807, 2.05) is 12.1 Å². The fourth-order valence-electron chi connectivity index (χ4n) is 5.39. The zero-order valence-electron chi connectivity index (χ0n) is 30.1. The van der Waals surface area contributed by atoms with Crippen LogP contribution in [-0.4, -0.2) is 85.9 Å². The maximum atomic E-state index is 13.1. The van der Waals surface area contributed by atoms with Crippen LogP contribution in [0.3, 0.4) is 0 Å². The minimum absolute atomic E-state index is 0.0419. The molecule has 0 aliphatic heterocycles. The van der Waals surface area contributed by atoms with Gasteiger partial charge in [-0.3, -0.25) is 14.4 Å². The van der Waals surface area contributed by atoms with E-state index in [1.165, 1.54) is 30.6 Å². The standard InChI is InChI=1S/C36H33ClF3N11O6/c1-51-19-42-50-27(51)20-3-11-24(12-4-20)43-30(54)29(53)41-17-26(31(55)56-2)45-28(52)21-5-13-25(14-6-21)44-32-46-33(48-34(47-32)57-18-36(38,39)40)49-35(15-16-35)22-7-9-23(37)10-8-22/h3-14,19,26H,15-18H2,1-2H3,(H,41,53)(H,43,54)(H,45,52)(H2,44,46,47,48,49)/t26-/m0/s1. The number of methoxy groups -OCH3 is 1. The van der Waals surface area contributed by atoms with Crippen LogP contribution < -0.4 is 31.3 Å². The first-order chi connectivity index (χ1) is 27.2. The van der Waals surface area contributed by atoms with Crippen LogP contribution in [0.2, 0.25) is 5.02 Å². The monoisotopic (exact) mass is 807 g/mol. The molecule has 1 atom stereocenters. The van der Waals surface area contributed by atoms with Gasteiger partial charge in [0.25, 0.3) is 5.91 Å². The van der Waals surface area contributed by atoms with Gasteiger partial charge in [0, 0.05) is 41.1 Å². The van der Waals surface area contributed by atoms with Crippen LogP contribution in [0.4, 0.5) is 36.4 Å². The third kappa shape index (κ3) is 10.5. The van der Waals surface area contributed by atoms with Gasteiger partial charge in [-0.05, 0) is 79.1 Å². The molecule has 17 nitrogen and oxygen atoms in total. The Labute approximate surface area is 326 Å². The third-order valence-corrected chi connectivity index (χ3v) is 8.71. The van der Waals surface area contributed by atoms with E-state index in [0.29, 0.717) is 35.1 Å². The first kappa shape index (κ1) is 39.9. The molecule has 2 aromatic heterocycles. The summed E-state index contributed by atoms with van der Waals surface area (Å²) >= 11 is 6.03. The lowest BCUT2D eigenvalue weighted by atomic mass is 10.1. The number of aromatic nitrogens is 6. The number of nitrogens with zero attached hydrogens (tertiary/aromatic N) is 6. The van der Waals surface area contributed by atoms with Crippen molar-refractivity contribution in [1.82, 2.24) is 40.3 Å². The Hall–Kier alpha value is -6.83. The van der Waals surface area contributed by atoms with Gasteiger partial charge in [-0.15, -0.1) is 10.2 Å². The van der Waals surface area contributed by atoms with Gasteiger partial charge in [0.05, 0.1) is 12.6 Å². The second-order valence-electron chi connectivity index (χ2n) is 12.6. The second-order valence-corrected chi connectivity index (χ2v) is 13.1. The highest BCUT2D eigenvalue weighted by Gasteiger charge is 2.45. The lowest BCUT2D eigenvalue weighted by Gasteiger charge is -2.19. The fraction of sp³-hybridized carbons (Fsp3) is 0.250. The molecule has 1 aliphatic rings. The lowest BCUT2D eigenvalue weighted by Crippen LogP contribution is -2.50. The molecule has 0 radical (unpaired) electrons. The summed E-state index contributed by atoms with van der Waals surface area (Å²) in [5, 5.41) is 21.6. The van der Waals surface area contributed by atoms with E-state index in [-0.39, 0.29) is 17.5 Å². The number of anilines is 4. The van der Waals surface area contributed by atoms with Gasteiger partial charge in [0.1, 0.15) is 12.4 Å². The van der Waals surface area contributed by atoms with Crippen LogP contribution in [-0.2, 0) is 31.7 Å². The van der Waals surface area contributed by atoms with Crippen molar-refractivity contribution in [3.8, 4) is 17.4 Å². The van der Waals surface area contributed by atoms with Crippen LogP contribution in [0.25, 0.3) is 11.4 Å². The van der Waals surface area contributed by atoms with Gasteiger partial charge in [-0.25, -0.2) is 4.79 Å². The molecule has 0 unspecified atom stereocenters. The molecule has 3 aromatic carbocycles. The number of hydrogen-bond donors (Lipinski definition) is 5. The number of aryl methyl sites for hydroxylation is 1. The third-order valence-electron chi connectivity index (χ3n) is 8.46. The van der Waals surface area contributed by atoms with Crippen LogP contribution in [0, 0.1) is 0 Å². The Morgan fingerprint density at radius 3 is 2.18 bits per heavy atom. The van der Waals surface area contributed by atoms with Gasteiger partial charge in [-0.2, -0.15) is 28.1 Å². The summed E-state index contributed by atoms with van der Waals surface area (Å²) in [4.78, 5) is 63.1. The van der Waals surface area contributed by atoms with Crippen molar-refractivity contribution >= 4 is 58.6 Å². The zero-order chi connectivity index (χ0) is 40.7. The maximum Gasteiger partial charge on any atom is 0.422 e. The van der Waals surface area contributed by atoms with E-state index in [4.69, 9.17) is 21.1 Å². The van der Waals surface area contributed by atoms with E-state index in [2.05, 4.69) is 51.7 Å². The molecular formula is C36H33ClF3N11O6. The number of nitrogens with one attached hydrogen (secondary N) is 5. The van der Waals surface area contributed by atoms with E-state index < -0.39 is 60.6 Å². The van der Waals surface area contributed by atoms with Crippen molar-refractivity contribution in [2.24, 2.45) is 7.05 Å². The average molecular weight is 808 g/mol. The molecule has 6 rings (SSSR count). The number of carbonyl (C=O) groups is 4. The summed E-state index contributed by atoms with van der Waals surface area (Å²) in [6.07, 6.45) is -1.71. The SMILES string of the molecule is COC(=O)[C@H](CNC(=O)C(=O)Nc1ccc(-c2nncn2C)cc1)NC(=O)c1ccc(Nc2nc(NC3(c4ccc(Cl)cc4)CC3)nc(OCC(F)(F)F)n2)cc1. The van der Waals surface area contributed by atoms with E-state index in [1.54, 1.807) is 48.0 Å². The molecule has 5 N–H and O–H groups in total. The highest BCUT2D eigenvalue weighted by Crippen LogP contribution is 2.48. The quantitative estimate of drug-likeness (QED) is 0.0789. The Balaban J connectivity index is 1.07. The van der Waals surface area contributed by atoms with Crippen LogP contribution in [0.5, 0.6) is 6.01 Å². The van der Waals surface area contributed by atoms with Gasteiger partial charge in [-0.1, -0.05) is 23.7 Å². The number of benzene rings is 3. The van der Waals surface area contributed by atoms with Crippen molar-refractivity contribution in [2.75, 3.05) is 36.2 Å². The highest BCUT2D eigenvalue weighted by molar-refractivity contribution is 6.39. The van der Waals surface area contributed by atoms with E-state index in [0.717, 1.165) is 18.2 Å². The highest BCUT2D eigenvalue weighted by atomic mass is 35.5. The summed E-state index contributed by atoms with van der Waals surface area (Å²) < 4.78 is 50.2. The van der Waals surface area contributed by atoms with Crippen molar-refractivity contribution in [3.63, 3.8) is 0 Å². The lowest BCUT2D eigenvalue weighted by molar-refractivity contribution is -0.154. The Morgan fingerprint density at radius 2 is 1.56 bits per heavy atom. The average Bonchev–Trinajstić information content (AvgIpc) is 3.84. The molecular weight excluding hydrogens is 775 g/mol. The minimum Gasteiger partial charge on any atom is -0.467 e. The first-order valence-corrected chi connectivity index (χ1v) is 17.4.